The van der Waals surface area contributed by atoms with Crippen molar-refractivity contribution >= 4 is 5.97 Å². The molecule has 1 unspecified atom stereocenters. The number of aromatic nitrogens is 2. The average molecular weight is 392 g/mol. The molecule has 0 aromatic carbocycles. The summed E-state index contributed by atoms with van der Waals surface area (Å²) in [5.74, 6) is -0.183. The van der Waals surface area contributed by atoms with Crippen molar-refractivity contribution in [1.29, 1.82) is 0 Å². The number of hydrogen-bond acceptors (Lipinski definition) is 6. The van der Waals surface area contributed by atoms with Crippen LogP contribution >= 0.6 is 0 Å². The molecule has 3 aliphatic heterocycles. The Bertz CT molecular complexity index is 707. The molecule has 28 heavy (non-hydrogen) atoms. The lowest BCUT2D eigenvalue weighted by atomic mass is 9.88. The van der Waals surface area contributed by atoms with E-state index in [4.69, 9.17) is 14.6 Å². The number of aliphatic hydroxyl groups excluding tert-OH is 1. The van der Waals surface area contributed by atoms with Gasteiger partial charge in [0, 0.05) is 31.9 Å². The second-order valence-corrected chi connectivity index (χ2v) is 9.46. The Morgan fingerprint density at radius 3 is 2.89 bits per heavy atom. The Labute approximate surface area is 167 Å². The van der Waals surface area contributed by atoms with Crippen molar-refractivity contribution in [1.82, 2.24) is 14.7 Å². The molecule has 0 bridgehead atoms. The zero-order valence-electron chi connectivity index (χ0n) is 17.3. The molecular weight excluding hydrogens is 358 g/mol. The Hall–Kier alpha value is -1.44. The molecule has 0 spiro atoms. The lowest BCUT2D eigenvalue weighted by molar-refractivity contribution is -0.167. The summed E-state index contributed by atoms with van der Waals surface area (Å²) in [6.45, 7) is 7.36. The minimum Gasteiger partial charge on any atom is -0.459 e. The van der Waals surface area contributed by atoms with Crippen molar-refractivity contribution < 1.29 is 19.4 Å². The molecule has 7 heteroatoms. The molecule has 3 aliphatic rings. The van der Waals surface area contributed by atoms with Crippen LogP contribution in [0.15, 0.2) is 12.3 Å². The van der Waals surface area contributed by atoms with Gasteiger partial charge in [-0.05, 0) is 65.4 Å². The number of aliphatic hydroxyl groups is 1. The normalized spacial score (nSPS) is 33.8. The summed E-state index contributed by atoms with van der Waals surface area (Å²) in [7, 11) is 0. The second-order valence-electron chi connectivity index (χ2n) is 9.46. The molecule has 156 valence electrons. The fourth-order valence-electron chi connectivity index (χ4n) is 5.17. The zero-order chi connectivity index (χ0) is 19.9. The number of carbonyl (C=O) groups is 1. The SMILES string of the molecule is CC(C)(C)OC(=O)[C@@]12CCCN1[C@H](c1ccn(C3CCCCO3)n1)[C@H](CO)C2. The van der Waals surface area contributed by atoms with Crippen molar-refractivity contribution in [3.8, 4) is 0 Å². The Balaban J connectivity index is 1.60. The minimum atomic E-state index is -0.642. The summed E-state index contributed by atoms with van der Waals surface area (Å²) in [6, 6.07) is 1.96. The lowest BCUT2D eigenvalue weighted by Crippen LogP contribution is -2.49. The molecule has 7 nitrogen and oxygen atoms in total. The van der Waals surface area contributed by atoms with Gasteiger partial charge >= 0.3 is 5.97 Å². The molecule has 0 saturated carbocycles. The topological polar surface area (TPSA) is 76.8 Å². The van der Waals surface area contributed by atoms with E-state index in [1.54, 1.807) is 0 Å². The van der Waals surface area contributed by atoms with Crippen LogP contribution in [-0.4, -0.2) is 56.7 Å². The van der Waals surface area contributed by atoms with Crippen molar-refractivity contribution in [3.63, 3.8) is 0 Å². The van der Waals surface area contributed by atoms with E-state index in [1.807, 2.05) is 37.7 Å². The van der Waals surface area contributed by atoms with E-state index in [0.717, 1.165) is 50.9 Å². The third-order valence-electron chi connectivity index (χ3n) is 6.32. The molecule has 1 N–H and O–H groups in total. The first-order chi connectivity index (χ1) is 13.3. The van der Waals surface area contributed by atoms with Gasteiger partial charge in [-0.15, -0.1) is 0 Å². The summed E-state index contributed by atoms with van der Waals surface area (Å²) < 4.78 is 13.6. The fraction of sp³-hybridized carbons (Fsp3) is 0.810. The van der Waals surface area contributed by atoms with Gasteiger partial charge in [0.05, 0.1) is 11.7 Å². The van der Waals surface area contributed by atoms with Crippen LogP contribution in [0.1, 0.15) is 77.3 Å². The largest absolute Gasteiger partial charge is 0.459 e. The van der Waals surface area contributed by atoms with Crippen LogP contribution < -0.4 is 0 Å². The van der Waals surface area contributed by atoms with E-state index in [9.17, 15) is 9.90 Å². The van der Waals surface area contributed by atoms with Crippen LogP contribution in [0, 0.1) is 5.92 Å². The number of esters is 1. The lowest BCUT2D eigenvalue weighted by Gasteiger charge is -2.35. The molecule has 3 fully saturated rings. The monoisotopic (exact) mass is 391 g/mol. The number of carbonyl (C=O) groups excluding carboxylic acids is 1. The van der Waals surface area contributed by atoms with Gasteiger partial charge < -0.3 is 14.6 Å². The minimum absolute atomic E-state index is 0.00864. The molecular formula is C21H33N3O4. The van der Waals surface area contributed by atoms with Gasteiger partial charge in [-0.2, -0.15) is 5.10 Å². The van der Waals surface area contributed by atoms with E-state index in [2.05, 4.69) is 4.90 Å². The third-order valence-corrected chi connectivity index (χ3v) is 6.32. The van der Waals surface area contributed by atoms with Crippen LogP contribution in [-0.2, 0) is 14.3 Å². The maximum atomic E-state index is 13.2. The molecule has 4 atom stereocenters. The van der Waals surface area contributed by atoms with Gasteiger partial charge in [-0.1, -0.05) is 0 Å². The van der Waals surface area contributed by atoms with Crippen LogP contribution in [0.4, 0.5) is 0 Å². The number of rotatable bonds is 4. The molecule has 0 radical (unpaired) electrons. The van der Waals surface area contributed by atoms with Crippen LogP contribution in [0.3, 0.4) is 0 Å². The van der Waals surface area contributed by atoms with Gasteiger partial charge in [-0.25, -0.2) is 4.68 Å². The van der Waals surface area contributed by atoms with Crippen molar-refractivity contribution in [2.45, 2.75) is 82.7 Å². The third kappa shape index (κ3) is 3.48. The first-order valence-electron chi connectivity index (χ1n) is 10.6. The Morgan fingerprint density at radius 2 is 2.21 bits per heavy atom. The maximum absolute atomic E-state index is 13.2. The standard InChI is InChI=1S/C21H33N3O4/c1-20(2,3)28-19(26)21-9-6-10-23(21)18(15(13-21)14-25)16-8-11-24(22-16)17-7-4-5-12-27-17/h8,11,15,17-18,25H,4-7,9-10,12-14H2,1-3H3/t15-,17?,18-,21-/m0/s1. The average Bonchev–Trinajstić information content (AvgIpc) is 3.34. The highest BCUT2D eigenvalue weighted by atomic mass is 16.6. The predicted molar refractivity (Wildman–Crippen MR) is 104 cm³/mol. The van der Waals surface area contributed by atoms with E-state index < -0.39 is 11.1 Å². The van der Waals surface area contributed by atoms with E-state index >= 15 is 0 Å². The van der Waals surface area contributed by atoms with E-state index in [-0.39, 0.29) is 30.8 Å². The molecule has 4 rings (SSSR count). The summed E-state index contributed by atoms with van der Waals surface area (Å²) in [4.78, 5) is 15.4. The van der Waals surface area contributed by atoms with Gasteiger partial charge in [-0.3, -0.25) is 9.69 Å². The first-order valence-corrected chi connectivity index (χ1v) is 10.6. The predicted octanol–water partition coefficient (Wildman–Crippen LogP) is 2.81. The number of fused-ring (bicyclic) bond motifs is 1. The summed E-state index contributed by atoms with van der Waals surface area (Å²) in [6.07, 6.45) is 7.55. The van der Waals surface area contributed by atoms with E-state index in [0.29, 0.717) is 6.42 Å². The highest BCUT2D eigenvalue weighted by Gasteiger charge is 2.60. The number of nitrogens with zero attached hydrogens (tertiary/aromatic N) is 3. The van der Waals surface area contributed by atoms with Crippen LogP contribution in [0.25, 0.3) is 0 Å². The summed E-state index contributed by atoms with van der Waals surface area (Å²) in [5, 5.41) is 14.9. The van der Waals surface area contributed by atoms with Crippen molar-refractivity contribution in [3.05, 3.63) is 18.0 Å². The molecule has 0 amide bonds. The molecule has 3 saturated heterocycles. The Morgan fingerprint density at radius 1 is 1.39 bits per heavy atom. The Kier molecular flexibility index (Phi) is 5.27. The fourth-order valence-corrected chi connectivity index (χ4v) is 5.17. The number of hydrogen-bond donors (Lipinski definition) is 1. The van der Waals surface area contributed by atoms with Gasteiger partial charge in [0.15, 0.2) is 0 Å². The highest BCUT2D eigenvalue weighted by molar-refractivity contribution is 5.82. The van der Waals surface area contributed by atoms with Gasteiger partial charge in [0.1, 0.15) is 17.4 Å². The molecule has 1 aromatic rings. The van der Waals surface area contributed by atoms with Crippen molar-refractivity contribution in [2.24, 2.45) is 5.92 Å². The highest BCUT2D eigenvalue weighted by Crippen LogP contribution is 2.52. The smallest absolute Gasteiger partial charge is 0.327 e. The maximum Gasteiger partial charge on any atom is 0.327 e. The van der Waals surface area contributed by atoms with Gasteiger partial charge in [0.2, 0.25) is 0 Å². The second kappa shape index (κ2) is 7.43. The van der Waals surface area contributed by atoms with Gasteiger partial charge in [0.25, 0.3) is 0 Å². The quantitative estimate of drug-likeness (QED) is 0.796. The molecule has 0 aliphatic carbocycles. The van der Waals surface area contributed by atoms with E-state index in [1.165, 1.54) is 0 Å². The van der Waals surface area contributed by atoms with Crippen LogP contribution in [0.5, 0.6) is 0 Å². The van der Waals surface area contributed by atoms with Crippen LogP contribution in [0.2, 0.25) is 0 Å². The molecule has 4 heterocycles. The summed E-state index contributed by atoms with van der Waals surface area (Å²) >= 11 is 0. The molecule has 1 aromatic heterocycles. The number of ether oxygens (including phenoxy) is 2. The first kappa shape index (κ1) is 19.9. The summed E-state index contributed by atoms with van der Waals surface area (Å²) in [5.41, 5.74) is -0.246. The zero-order valence-corrected chi connectivity index (χ0v) is 17.3. The van der Waals surface area contributed by atoms with Crippen molar-refractivity contribution in [2.75, 3.05) is 19.8 Å².